The lowest BCUT2D eigenvalue weighted by atomic mass is 9.97. The molecule has 0 radical (unpaired) electrons. The minimum atomic E-state index is -0.147. The minimum absolute atomic E-state index is 0.0952. The number of thioether (sulfide) groups is 1. The first-order chi connectivity index (χ1) is 17.1. The number of aromatic nitrogens is 3. The first-order valence-electron chi connectivity index (χ1n) is 11.8. The van der Waals surface area contributed by atoms with Crippen molar-refractivity contribution in [1.82, 2.24) is 19.7 Å². The molecular weight excluding hydrogens is 468 g/mol. The Morgan fingerprint density at radius 2 is 1.91 bits per heavy atom. The summed E-state index contributed by atoms with van der Waals surface area (Å²) in [7, 11) is 1.63. The van der Waals surface area contributed by atoms with E-state index < -0.39 is 0 Å². The number of hydrogen-bond acceptors (Lipinski definition) is 8. The number of rotatable bonds is 10. The lowest BCUT2D eigenvalue weighted by Crippen LogP contribution is -2.40. The summed E-state index contributed by atoms with van der Waals surface area (Å²) in [4.78, 5) is 26.4. The Balaban J connectivity index is 1.34. The standard InChI is InChI=1S/C25H30N4O5S/c1-3-33-24(31)18-12-14-28(15-13-18)22(30)7-5-17-35-25-27-26-23(21-6-4-16-34-21)29(25)19-8-10-20(32-2)11-9-19/h4,6,8-11,16,18H,3,5,7,12-15,17H2,1-2H3. The number of likely N-dealkylation sites (tertiary alicyclic amines) is 1. The van der Waals surface area contributed by atoms with Gasteiger partial charge in [-0.05, 0) is 62.6 Å². The maximum absolute atomic E-state index is 12.7. The third-order valence-electron chi connectivity index (χ3n) is 5.94. The van der Waals surface area contributed by atoms with Crippen LogP contribution in [0, 0.1) is 5.92 Å². The van der Waals surface area contributed by atoms with Crippen LogP contribution in [-0.2, 0) is 14.3 Å². The maximum atomic E-state index is 12.7. The number of carbonyl (C=O) groups is 2. The van der Waals surface area contributed by atoms with E-state index in [4.69, 9.17) is 13.9 Å². The van der Waals surface area contributed by atoms with E-state index in [9.17, 15) is 9.59 Å². The van der Waals surface area contributed by atoms with Crippen molar-refractivity contribution in [1.29, 1.82) is 0 Å². The van der Waals surface area contributed by atoms with Gasteiger partial charge in [-0.3, -0.25) is 14.2 Å². The summed E-state index contributed by atoms with van der Waals surface area (Å²) in [5, 5.41) is 9.46. The van der Waals surface area contributed by atoms with Crippen LogP contribution in [0.3, 0.4) is 0 Å². The highest BCUT2D eigenvalue weighted by atomic mass is 32.2. The SMILES string of the molecule is CCOC(=O)C1CCN(C(=O)CCCSc2nnc(-c3ccco3)n2-c2ccc(OC)cc2)CC1. The molecule has 0 unspecified atom stereocenters. The van der Waals surface area contributed by atoms with Crippen LogP contribution >= 0.6 is 11.8 Å². The molecule has 0 saturated carbocycles. The average Bonchev–Trinajstić information content (AvgIpc) is 3.57. The molecule has 9 nitrogen and oxygen atoms in total. The third kappa shape index (κ3) is 6.05. The second kappa shape index (κ2) is 11.9. The second-order valence-corrected chi connectivity index (χ2v) is 9.24. The number of benzene rings is 1. The number of ether oxygens (including phenoxy) is 2. The van der Waals surface area contributed by atoms with Crippen LogP contribution < -0.4 is 4.74 Å². The summed E-state index contributed by atoms with van der Waals surface area (Å²) >= 11 is 1.55. The Morgan fingerprint density at radius 1 is 1.14 bits per heavy atom. The van der Waals surface area contributed by atoms with Gasteiger partial charge in [0.1, 0.15) is 5.75 Å². The Morgan fingerprint density at radius 3 is 2.57 bits per heavy atom. The van der Waals surface area contributed by atoms with Gasteiger partial charge in [0.15, 0.2) is 10.9 Å². The topological polar surface area (TPSA) is 99.7 Å². The molecule has 0 bridgehead atoms. The zero-order chi connectivity index (χ0) is 24.6. The molecule has 0 N–H and O–H groups in total. The van der Waals surface area contributed by atoms with E-state index in [1.165, 1.54) is 0 Å². The molecule has 1 aliphatic rings. The van der Waals surface area contributed by atoms with Crippen molar-refractivity contribution >= 4 is 23.6 Å². The van der Waals surface area contributed by atoms with E-state index in [0.29, 0.717) is 57.0 Å². The predicted octanol–water partition coefficient (Wildman–Crippen LogP) is 4.21. The summed E-state index contributed by atoms with van der Waals surface area (Å²) in [6.45, 7) is 3.41. The highest BCUT2D eigenvalue weighted by molar-refractivity contribution is 7.99. The molecule has 0 spiro atoms. The molecule has 3 heterocycles. The quantitative estimate of drug-likeness (QED) is 0.233. The fourth-order valence-corrected chi connectivity index (χ4v) is 4.95. The Kier molecular flexibility index (Phi) is 8.46. The molecule has 1 saturated heterocycles. The molecule has 4 rings (SSSR count). The monoisotopic (exact) mass is 498 g/mol. The number of carbonyl (C=O) groups excluding carboxylic acids is 2. The first-order valence-corrected chi connectivity index (χ1v) is 12.8. The fraction of sp³-hybridized carbons (Fsp3) is 0.440. The lowest BCUT2D eigenvalue weighted by molar-refractivity contribution is -0.151. The van der Waals surface area contributed by atoms with E-state index in [1.54, 1.807) is 25.1 Å². The number of nitrogens with zero attached hydrogens (tertiary/aromatic N) is 4. The predicted molar refractivity (Wildman–Crippen MR) is 132 cm³/mol. The Hall–Kier alpha value is -3.27. The molecule has 186 valence electrons. The highest BCUT2D eigenvalue weighted by Gasteiger charge is 2.28. The van der Waals surface area contributed by atoms with Gasteiger partial charge in [-0.25, -0.2) is 0 Å². The minimum Gasteiger partial charge on any atom is -0.497 e. The summed E-state index contributed by atoms with van der Waals surface area (Å²) < 4.78 is 17.9. The van der Waals surface area contributed by atoms with Crippen LogP contribution in [0.15, 0.2) is 52.2 Å². The van der Waals surface area contributed by atoms with Gasteiger partial charge in [0.25, 0.3) is 0 Å². The highest BCUT2D eigenvalue weighted by Crippen LogP contribution is 2.29. The number of piperidine rings is 1. The van der Waals surface area contributed by atoms with Gasteiger partial charge in [-0.1, -0.05) is 11.8 Å². The molecule has 1 aromatic carbocycles. The van der Waals surface area contributed by atoms with Crippen molar-refractivity contribution in [2.75, 3.05) is 32.6 Å². The second-order valence-electron chi connectivity index (χ2n) is 8.18. The molecule has 0 aliphatic carbocycles. The van der Waals surface area contributed by atoms with Gasteiger partial charge in [-0.15, -0.1) is 10.2 Å². The van der Waals surface area contributed by atoms with Crippen LogP contribution in [0.5, 0.6) is 5.75 Å². The van der Waals surface area contributed by atoms with Gasteiger partial charge in [-0.2, -0.15) is 0 Å². The number of furan rings is 1. The molecule has 3 aromatic rings. The molecule has 1 aliphatic heterocycles. The van der Waals surface area contributed by atoms with Crippen molar-refractivity contribution < 1.29 is 23.5 Å². The van der Waals surface area contributed by atoms with Crippen LogP contribution in [0.2, 0.25) is 0 Å². The first kappa shape index (κ1) is 24.8. The molecule has 2 aromatic heterocycles. The van der Waals surface area contributed by atoms with Gasteiger partial charge < -0.3 is 18.8 Å². The van der Waals surface area contributed by atoms with Crippen molar-refractivity contribution in [3.05, 3.63) is 42.7 Å². The van der Waals surface area contributed by atoms with E-state index in [1.807, 2.05) is 52.8 Å². The van der Waals surface area contributed by atoms with Crippen molar-refractivity contribution in [3.63, 3.8) is 0 Å². The number of hydrogen-bond donors (Lipinski definition) is 0. The van der Waals surface area contributed by atoms with Crippen molar-refractivity contribution in [3.8, 4) is 23.0 Å². The van der Waals surface area contributed by atoms with Gasteiger partial charge >= 0.3 is 5.97 Å². The number of esters is 1. The number of amides is 1. The van der Waals surface area contributed by atoms with Crippen LogP contribution in [0.25, 0.3) is 17.3 Å². The molecular formula is C25H30N4O5S. The van der Waals surface area contributed by atoms with Crippen LogP contribution in [0.1, 0.15) is 32.6 Å². The molecule has 10 heteroatoms. The Labute approximate surface area is 208 Å². The van der Waals surface area contributed by atoms with Gasteiger partial charge in [0.05, 0.1) is 31.6 Å². The summed E-state index contributed by atoms with van der Waals surface area (Å²) in [6.07, 6.45) is 4.11. The van der Waals surface area contributed by atoms with Crippen molar-refractivity contribution in [2.45, 2.75) is 37.8 Å². The molecule has 0 atom stereocenters. The molecule has 1 fully saturated rings. The van der Waals surface area contributed by atoms with E-state index in [0.717, 1.165) is 22.3 Å². The average molecular weight is 499 g/mol. The summed E-state index contributed by atoms with van der Waals surface area (Å²) in [6, 6.07) is 11.3. The van der Waals surface area contributed by atoms with Gasteiger partial charge in [0.2, 0.25) is 11.7 Å². The van der Waals surface area contributed by atoms with E-state index in [-0.39, 0.29) is 17.8 Å². The third-order valence-corrected chi connectivity index (χ3v) is 6.95. The zero-order valence-electron chi connectivity index (χ0n) is 20.0. The Bertz CT molecular complexity index is 1110. The van der Waals surface area contributed by atoms with E-state index in [2.05, 4.69) is 10.2 Å². The van der Waals surface area contributed by atoms with Crippen molar-refractivity contribution in [2.24, 2.45) is 5.92 Å². The summed E-state index contributed by atoms with van der Waals surface area (Å²) in [5.41, 5.74) is 0.894. The smallest absolute Gasteiger partial charge is 0.309 e. The normalized spacial score (nSPS) is 14.2. The molecule has 35 heavy (non-hydrogen) atoms. The largest absolute Gasteiger partial charge is 0.497 e. The summed E-state index contributed by atoms with van der Waals surface area (Å²) in [5.74, 6) is 2.61. The molecule has 1 amide bonds. The maximum Gasteiger partial charge on any atom is 0.309 e. The van der Waals surface area contributed by atoms with Crippen LogP contribution in [-0.4, -0.2) is 64.1 Å². The zero-order valence-corrected chi connectivity index (χ0v) is 20.8. The number of methoxy groups -OCH3 is 1. The lowest BCUT2D eigenvalue weighted by Gasteiger charge is -2.31. The van der Waals surface area contributed by atoms with E-state index >= 15 is 0 Å². The fourth-order valence-electron chi connectivity index (χ4n) is 4.06. The van der Waals surface area contributed by atoms with Gasteiger partial charge in [0, 0.05) is 25.3 Å². The van der Waals surface area contributed by atoms with Crippen LogP contribution in [0.4, 0.5) is 0 Å².